The topological polar surface area (TPSA) is 46.0 Å². The molecule has 1 aliphatic rings. The molecule has 4 heterocycles. The molecule has 1 N–H and O–H groups in total. The van der Waals surface area contributed by atoms with Gasteiger partial charge in [-0.15, -0.1) is 0 Å². The van der Waals surface area contributed by atoms with Crippen LogP contribution in [0.25, 0.3) is 5.82 Å². The molecule has 0 aliphatic carbocycles. The summed E-state index contributed by atoms with van der Waals surface area (Å²) in [5.41, 5.74) is 9.26. The fourth-order valence-electron chi connectivity index (χ4n) is 4.91. The van der Waals surface area contributed by atoms with Gasteiger partial charge in [0, 0.05) is 29.5 Å². The first-order chi connectivity index (χ1) is 16.3. The number of thiocarbonyl (C=S) groups is 1. The van der Waals surface area contributed by atoms with Crippen molar-refractivity contribution < 1.29 is 0 Å². The van der Waals surface area contributed by atoms with Crippen LogP contribution in [0.3, 0.4) is 0 Å². The minimum atomic E-state index is -0.0743. The number of anilines is 1. The number of nitrogens with zero attached hydrogens (tertiary/aromatic N) is 4. The lowest BCUT2D eigenvalue weighted by molar-refractivity contribution is 0.565. The van der Waals surface area contributed by atoms with E-state index in [1.807, 2.05) is 30.6 Å². The molecule has 0 bridgehead atoms. The largest absolute Gasteiger partial charge is 0.351 e. The van der Waals surface area contributed by atoms with Crippen molar-refractivity contribution in [1.82, 2.24) is 19.9 Å². The Morgan fingerprint density at radius 1 is 0.853 bits per heavy atom. The van der Waals surface area contributed by atoms with Gasteiger partial charge in [-0.3, -0.25) is 4.98 Å². The van der Waals surface area contributed by atoms with Gasteiger partial charge in [0.15, 0.2) is 5.11 Å². The molecule has 5 rings (SSSR count). The molecule has 5 nitrogen and oxygen atoms in total. The van der Waals surface area contributed by atoms with Gasteiger partial charge in [-0.1, -0.05) is 12.1 Å². The summed E-state index contributed by atoms with van der Waals surface area (Å²) in [6.07, 6.45) is 3.71. The Bertz CT molecular complexity index is 1380. The lowest BCUT2D eigenvalue weighted by Crippen LogP contribution is -2.29. The van der Waals surface area contributed by atoms with Crippen LogP contribution >= 0.6 is 12.2 Å². The third-order valence-corrected chi connectivity index (χ3v) is 7.10. The number of hydrogen-bond acceptors (Lipinski definition) is 3. The van der Waals surface area contributed by atoms with E-state index >= 15 is 0 Å². The molecule has 172 valence electrons. The monoisotopic (exact) mass is 467 g/mol. The van der Waals surface area contributed by atoms with Crippen molar-refractivity contribution in [3.63, 3.8) is 0 Å². The van der Waals surface area contributed by atoms with E-state index in [0.29, 0.717) is 5.11 Å². The zero-order chi connectivity index (χ0) is 24.0. The van der Waals surface area contributed by atoms with Crippen molar-refractivity contribution >= 4 is 23.0 Å². The molecule has 0 saturated carbocycles. The molecule has 6 heteroatoms. The summed E-state index contributed by atoms with van der Waals surface area (Å²) in [6.45, 7) is 10.7. The van der Waals surface area contributed by atoms with Crippen LogP contribution < -0.4 is 10.2 Å². The second kappa shape index (κ2) is 8.69. The molecular weight excluding hydrogens is 438 g/mol. The Morgan fingerprint density at radius 3 is 2.38 bits per heavy atom. The standard InChI is InChI=1S/C28H29N5S/c1-17-11-13-30-25(14-17)32-20(4)16-23(21(32)5)27-26(24-8-6-7-12-29-24)31-28(34)33(27)22-10-9-18(2)19(3)15-22/h6-16,26-27H,1-5H3,(H,31,34). The Hall–Kier alpha value is -3.51. The summed E-state index contributed by atoms with van der Waals surface area (Å²) in [4.78, 5) is 11.6. The maximum atomic E-state index is 5.91. The first kappa shape index (κ1) is 22.3. The van der Waals surface area contributed by atoms with Gasteiger partial charge in [0.1, 0.15) is 5.82 Å². The molecule has 0 radical (unpaired) electrons. The third kappa shape index (κ3) is 3.78. The quantitative estimate of drug-likeness (QED) is 0.374. The highest BCUT2D eigenvalue weighted by Crippen LogP contribution is 2.43. The van der Waals surface area contributed by atoms with Crippen LogP contribution in [0.1, 0.15) is 51.4 Å². The molecule has 4 aromatic rings. The van der Waals surface area contributed by atoms with E-state index in [9.17, 15) is 0 Å². The molecule has 34 heavy (non-hydrogen) atoms. The van der Waals surface area contributed by atoms with Gasteiger partial charge >= 0.3 is 0 Å². The van der Waals surface area contributed by atoms with Gasteiger partial charge < -0.3 is 14.8 Å². The number of aromatic nitrogens is 3. The summed E-state index contributed by atoms with van der Waals surface area (Å²) in [5, 5.41) is 4.29. The van der Waals surface area contributed by atoms with Crippen molar-refractivity contribution in [1.29, 1.82) is 0 Å². The van der Waals surface area contributed by atoms with Crippen LogP contribution in [0.15, 0.2) is 67.0 Å². The lowest BCUT2D eigenvalue weighted by atomic mass is 9.96. The Morgan fingerprint density at radius 2 is 1.68 bits per heavy atom. The highest BCUT2D eigenvalue weighted by molar-refractivity contribution is 7.80. The van der Waals surface area contributed by atoms with Crippen LogP contribution in [0.2, 0.25) is 0 Å². The van der Waals surface area contributed by atoms with Gasteiger partial charge in [0.2, 0.25) is 0 Å². The van der Waals surface area contributed by atoms with Crippen LogP contribution in [0.4, 0.5) is 5.69 Å². The summed E-state index contributed by atoms with van der Waals surface area (Å²) in [6, 6.07) is 18.9. The zero-order valence-corrected chi connectivity index (χ0v) is 21.0. The summed E-state index contributed by atoms with van der Waals surface area (Å²) in [5.74, 6) is 0.932. The average molecular weight is 468 g/mol. The number of aryl methyl sites for hydroxylation is 4. The Kier molecular flexibility index (Phi) is 5.70. The molecule has 0 amide bonds. The zero-order valence-electron chi connectivity index (χ0n) is 20.2. The van der Waals surface area contributed by atoms with E-state index in [1.54, 1.807) is 0 Å². The number of hydrogen-bond donors (Lipinski definition) is 1. The van der Waals surface area contributed by atoms with Crippen LogP contribution in [-0.4, -0.2) is 19.6 Å². The van der Waals surface area contributed by atoms with E-state index < -0.39 is 0 Å². The van der Waals surface area contributed by atoms with Gasteiger partial charge in [-0.2, -0.15) is 0 Å². The number of nitrogens with one attached hydrogen (secondary N) is 1. The highest BCUT2D eigenvalue weighted by atomic mass is 32.1. The third-order valence-electron chi connectivity index (χ3n) is 6.79. The Balaban J connectivity index is 1.69. The predicted molar refractivity (Wildman–Crippen MR) is 142 cm³/mol. The molecule has 3 aromatic heterocycles. The van der Waals surface area contributed by atoms with Crippen molar-refractivity contribution in [2.24, 2.45) is 0 Å². The fraction of sp³-hybridized carbons (Fsp3) is 0.250. The van der Waals surface area contributed by atoms with Crippen LogP contribution in [0.5, 0.6) is 0 Å². The highest BCUT2D eigenvalue weighted by Gasteiger charge is 2.42. The maximum absolute atomic E-state index is 5.91. The molecule has 1 fully saturated rings. The SMILES string of the molecule is Cc1ccnc(-n2c(C)cc(C3C(c4ccccn4)NC(=S)N3c3ccc(C)c(C)c3)c2C)c1. The van der Waals surface area contributed by atoms with Crippen molar-refractivity contribution in [2.45, 2.75) is 46.7 Å². The normalized spacial score (nSPS) is 17.8. The molecule has 0 spiro atoms. The maximum Gasteiger partial charge on any atom is 0.174 e. The number of rotatable bonds is 4. The first-order valence-electron chi connectivity index (χ1n) is 11.5. The lowest BCUT2D eigenvalue weighted by Gasteiger charge is -2.28. The Labute approximate surface area is 206 Å². The smallest absolute Gasteiger partial charge is 0.174 e. The van der Waals surface area contributed by atoms with Gasteiger partial charge in [-0.25, -0.2) is 4.98 Å². The summed E-state index contributed by atoms with van der Waals surface area (Å²) >= 11 is 5.91. The molecular formula is C28H29N5S. The summed E-state index contributed by atoms with van der Waals surface area (Å²) < 4.78 is 2.23. The van der Waals surface area contributed by atoms with Gasteiger partial charge in [0.05, 0.1) is 17.8 Å². The van der Waals surface area contributed by atoms with Crippen molar-refractivity contribution in [3.8, 4) is 5.82 Å². The molecule has 1 aromatic carbocycles. The van der Waals surface area contributed by atoms with Gasteiger partial charge in [0.25, 0.3) is 0 Å². The predicted octanol–water partition coefficient (Wildman–Crippen LogP) is 5.99. The van der Waals surface area contributed by atoms with Crippen molar-refractivity contribution in [3.05, 3.63) is 106 Å². The van der Waals surface area contributed by atoms with E-state index in [1.165, 1.54) is 22.3 Å². The molecule has 2 unspecified atom stereocenters. The fourth-order valence-corrected chi connectivity index (χ4v) is 5.25. The number of benzene rings is 1. The summed E-state index contributed by atoms with van der Waals surface area (Å²) in [7, 11) is 0. The van der Waals surface area contributed by atoms with E-state index in [2.05, 4.69) is 90.8 Å². The van der Waals surface area contributed by atoms with Crippen LogP contribution in [0, 0.1) is 34.6 Å². The minimum Gasteiger partial charge on any atom is -0.351 e. The molecule has 2 atom stereocenters. The van der Waals surface area contributed by atoms with Gasteiger partial charge in [-0.05, 0) is 112 Å². The average Bonchev–Trinajstić information content (AvgIpc) is 3.31. The van der Waals surface area contributed by atoms with Crippen molar-refractivity contribution in [2.75, 3.05) is 4.90 Å². The molecule has 1 aliphatic heterocycles. The van der Waals surface area contributed by atoms with Crippen LogP contribution in [-0.2, 0) is 0 Å². The number of pyridine rings is 2. The minimum absolute atomic E-state index is 0.0470. The second-order valence-electron chi connectivity index (χ2n) is 9.12. The van der Waals surface area contributed by atoms with E-state index in [4.69, 9.17) is 17.2 Å². The van der Waals surface area contributed by atoms with E-state index in [0.717, 1.165) is 28.6 Å². The first-order valence-corrected chi connectivity index (χ1v) is 12.0. The second-order valence-corrected chi connectivity index (χ2v) is 9.51. The molecule has 1 saturated heterocycles. The van der Waals surface area contributed by atoms with E-state index in [-0.39, 0.29) is 12.1 Å².